The van der Waals surface area contributed by atoms with Crippen LogP contribution in [0.25, 0.3) is 0 Å². The van der Waals surface area contributed by atoms with Crippen molar-refractivity contribution in [2.24, 2.45) is 5.92 Å². The lowest BCUT2D eigenvalue weighted by atomic mass is 9.94. The highest BCUT2D eigenvalue weighted by Gasteiger charge is 2.30. The Morgan fingerprint density at radius 3 is 2.20 bits per heavy atom. The Kier molecular flexibility index (Phi) is 7.02. The predicted molar refractivity (Wildman–Crippen MR) is 74.0 cm³/mol. The fourth-order valence-corrected chi connectivity index (χ4v) is 3.58. The van der Waals surface area contributed by atoms with Crippen molar-refractivity contribution in [2.45, 2.75) is 50.5 Å². The summed E-state index contributed by atoms with van der Waals surface area (Å²) in [5, 5.41) is 0.554. The van der Waals surface area contributed by atoms with Crippen LogP contribution >= 0.6 is 23.5 Å². The van der Waals surface area contributed by atoms with Crippen molar-refractivity contribution in [3.8, 4) is 0 Å². The highest BCUT2D eigenvalue weighted by Crippen LogP contribution is 2.36. The summed E-state index contributed by atoms with van der Waals surface area (Å²) in [6.07, 6.45) is 5.96. The molecule has 0 bridgehead atoms. The van der Waals surface area contributed by atoms with Gasteiger partial charge >= 0.3 is 0 Å². The van der Waals surface area contributed by atoms with Crippen LogP contribution in [0.4, 0.5) is 0 Å². The summed E-state index contributed by atoms with van der Waals surface area (Å²) in [4.78, 5) is 11.6. The van der Waals surface area contributed by atoms with Gasteiger partial charge in [-0.3, -0.25) is 4.79 Å². The van der Waals surface area contributed by atoms with Gasteiger partial charge in [0.15, 0.2) is 0 Å². The van der Waals surface area contributed by atoms with Gasteiger partial charge in [0.05, 0.1) is 0 Å². The second kappa shape index (κ2) is 6.85. The summed E-state index contributed by atoms with van der Waals surface area (Å²) in [5.74, 6) is 0.602. The Morgan fingerprint density at radius 2 is 1.87 bits per heavy atom. The third-order valence-corrected chi connectivity index (χ3v) is 5.89. The lowest BCUT2D eigenvalue weighted by Gasteiger charge is -2.33. The molecule has 0 aromatic rings. The number of hydrogen-bond acceptors (Lipinski definition) is 3. The average molecular weight is 248 g/mol. The first-order valence-corrected chi connectivity index (χ1v) is 8.00. The van der Waals surface area contributed by atoms with E-state index in [4.69, 9.17) is 0 Å². The van der Waals surface area contributed by atoms with Crippen molar-refractivity contribution in [2.75, 3.05) is 12.5 Å². The van der Waals surface area contributed by atoms with Gasteiger partial charge in [0.1, 0.15) is 5.78 Å². The number of carbonyl (C=O) groups is 1. The van der Waals surface area contributed by atoms with Gasteiger partial charge in [0.25, 0.3) is 0 Å². The van der Waals surface area contributed by atoms with Crippen LogP contribution in [0.2, 0.25) is 0 Å². The first-order valence-electron chi connectivity index (χ1n) is 5.49. The van der Waals surface area contributed by atoms with Crippen LogP contribution in [-0.2, 0) is 4.79 Å². The Bertz CT molecular complexity index is 202. The number of Topliss-reactive ketones (excluding diaryl/α,β-unsaturated/α-hetero) is 1. The van der Waals surface area contributed by atoms with Crippen LogP contribution in [0.15, 0.2) is 0 Å². The molecule has 15 heavy (non-hydrogen) atoms. The molecule has 0 spiro atoms. The van der Waals surface area contributed by atoms with Gasteiger partial charge in [-0.15, -0.1) is 0 Å². The molecule has 0 aliphatic carbocycles. The van der Waals surface area contributed by atoms with Crippen molar-refractivity contribution in [1.82, 2.24) is 0 Å². The van der Waals surface area contributed by atoms with E-state index in [1.165, 1.54) is 0 Å². The molecule has 0 heterocycles. The standard InChI is InChI=1S/C12H24OS2/c1-7-10(13)9(2)8-11(14-5)12(3,4)15-6/h9,11H,7-8H2,1-6H3. The number of carbonyl (C=O) groups excluding carboxylic acids is 1. The third-order valence-electron chi connectivity index (χ3n) is 3.05. The average Bonchev–Trinajstić information content (AvgIpc) is 2.23. The largest absolute Gasteiger partial charge is 0.299 e. The Morgan fingerprint density at radius 1 is 1.33 bits per heavy atom. The molecule has 0 rings (SSSR count). The van der Waals surface area contributed by atoms with Gasteiger partial charge in [-0.2, -0.15) is 23.5 Å². The molecule has 3 heteroatoms. The van der Waals surface area contributed by atoms with E-state index in [0.29, 0.717) is 17.5 Å². The summed E-state index contributed by atoms with van der Waals surface area (Å²) in [6, 6.07) is 0. The van der Waals surface area contributed by atoms with E-state index < -0.39 is 0 Å². The Labute approximate surface area is 103 Å². The van der Waals surface area contributed by atoms with Crippen LogP contribution in [-0.4, -0.2) is 28.3 Å². The van der Waals surface area contributed by atoms with Crippen molar-refractivity contribution in [3.05, 3.63) is 0 Å². The molecule has 1 nitrogen and oxygen atoms in total. The second-order valence-corrected chi connectivity index (χ2v) is 6.99. The summed E-state index contributed by atoms with van der Waals surface area (Å²) in [5.41, 5.74) is 0. The topological polar surface area (TPSA) is 17.1 Å². The van der Waals surface area contributed by atoms with Crippen LogP contribution in [0.1, 0.15) is 40.5 Å². The van der Waals surface area contributed by atoms with Crippen LogP contribution < -0.4 is 0 Å². The van der Waals surface area contributed by atoms with E-state index in [9.17, 15) is 4.79 Å². The first kappa shape index (κ1) is 15.4. The minimum Gasteiger partial charge on any atom is -0.299 e. The molecule has 90 valence electrons. The maximum atomic E-state index is 11.6. The maximum Gasteiger partial charge on any atom is 0.135 e. The normalized spacial score (nSPS) is 16.1. The zero-order valence-electron chi connectivity index (χ0n) is 10.8. The van der Waals surface area contributed by atoms with Gasteiger partial charge in [0, 0.05) is 22.3 Å². The van der Waals surface area contributed by atoms with Gasteiger partial charge in [-0.25, -0.2) is 0 Å². The molecule has 0 radical (unpaired) electrons. The van der Waals surface area contributed by atoms with E-state index in [1.54, 1.807) is 0 Å². The van der Waals surface area contributed by atoms with Crippen molar-refractivity contribution < 1.29 is 4.79 Å². The molecule has 0 aromatic carbocycles. The highest BCUT2D eigenvalue weighted by molar-refractivity contribution is 8.03. The molecule has 0 aliphatic heterocycles. The number of ketones is 1. The minimum absolute atomic E-state index is 0.207. The Hall–Kier alpha value is 0.370. The fourth-order valence-electron chi connectivity index (χ4n) is 1.60. The molecule has 0 N–H and O–H groups in total. The zero-order chi connectivity index (χ0) is 12.1. The molecular formula is C12H24OS2. The summed E-state index contributed by atoms with van der Waals surface area (Å²) in [6.45, 7) is 8.54. The van der Waals surface area contributed by atoms with E-state index in [1.807, 2.05) is 30.4 Å². The highest BCUT2D eigenvalue weighted by atomic mass is 32.2. The van der Waals surface area contributed by atoms with Crippen LogP contribution in [0.3, 0.4) is 0 Å². The lowest BCUT2D eigenvalue weighted by Crippen LogP contribution is -2.32. The minimum atomic E-state index is 0.207. The molecule has 2 atom stereocenters. The van der Waals surface area contributed by atoms with E-state index >= 15 is 0 Å². The van der Waals surface area contributed by atoms with Gasteiger partial charge in [-0.1, -0.05) is 13.8 Å². The van der Waals surface area contributed by atoms with Crippen molar-refractivity contribution in [1.29, 1.82) is 0 Å². The monoisotopic (exact) mass is 248 g/mol. The lowest BCUT2D eigenvalue weighted by molar-refractivity contribution is -0.122. The number of hydrogen-bond donors (Lipinski definition) is 0. The molecule has 0 saturated heterocycles. The van der Waals surface area contributed by atoms with Crippen molar-refractivity contribution >= 4 is 29.3 Å². The van der Waals surface area contributed by atoms with E-state index in [2.05, 4.69) is 33.3 Å². The van der Waals surface area contributed by atoms with Crippen LogP contribution in [0.5, 0.6) is 0 Å². The second-order valence-electron chi connectivity index (χ2n) is 4.49. The SMILES string of the molecule is CCC(=O)C(C)CC(SC)C(C)(C)SC. The zero-order valence-corrected chi connectivity index (χ0v) is 12.4. The quantitative estimate of drug-likeness (QED) is 0.681. The molecule has 0 saturated carbocycles. The number of thioether (sulfide) groups is 2. The van der Waals surface area contributed by atoms with Crippen molar-refractivity contribution in [3.63, 3.8) is 0 Å². The fraction of sp³-hybridized carbons (Fsp3) is 0.917. The molecule has 0 amide bonds. The summed E-state index contributed by atoms with van der Waals surface area (Å²) in [7, 11) is 0. The van der Waals surface area contributed by atoms with E-state index in [0.717, 1.165) is 6.42 Å². The smallest absolute Gasteiger partial charge is 0.135 e. The van der Waals surface area contributed by atoms with Gasteiger partial charge < -0.3 is 0 Å². The molecule has 2 unspecified atom stereocenters. The van der Waals surface area contributed by atoms with E-state index in [-0.39, 0.29) is 10.7 Å². The first-order chi connectivity index (χ1) is 6.88. The Balaban J connectivity index is 4.39. The van der Waals surface area contributed by atoms with Gasteiger partial charge in [-0.05, 0) is 32.8 Å². The van der Waals surface area contributed by atoms with Gasteiger partial charge in [0.2, 0.25) is 0 Å². The molecular weight excluding hydrogens is 224 g/mol. The maximum absolute atomic E-state index is 11.6. The molecule has 0 aliphatic rings. The number of rotatable bonds is 7. The summed E-state index contributed by atoms with van der Waals surface area (Å²) < 4.78 is 0.252. The molecule has 0 aromatic heterocycles. The summed E-state index contributed by atoms with van der Waals surface area (Å²) >= 11 is 3.77. The predicted octanol–water partition coefficient (Wildman–Crippen LogP) is 3.86. The van der Waals surface area contributed by atoms with Crippen LogP contribution in [0, 0.1) is 5.92 Å². The third kappa shape index (κ3) is 4.81. The molecule has 0 fully saturated rings.